The Balaban J connectivity index is 0.00000228. The van der Waals surface area contributed by atoms with Crippen molar-refractivity contribution in [2.75, 3.05) is 13.6 Å². The average molecular weight is 472 g/mol. The number of ether oxygens (including phenoxy) is 2. The van der Waals surface area contributed by atoms with Crippen LogP contribution < -0.4 is 4.74 Å². The average Bonchev–Trinajstić information content (AvgIpc) is 3.16. The van der Waals surface area contributed by atoms with Crippen LogP contribution in [0.25, 0.3) is 0 Å². The second-order valence-electron chi connectivity index (χ2n) is 9.34. The molecule has 7 nitrogen and oxygen atoms in total. The van der Waals surface area contributed by atoms with Gasteiger partial charge in [-0.2, -0.15) is 0 Å². The summed E-state index contributed by atoms with van der Waals surface area (Å²) in [5, 5.41) is 33.1. The molecule has 1 fully saturated rings. The van der Waals surface area contributed by atoms with Crippen molar-refractivity contribution < 1.29 is 29.6 Å². The Morgan fingerprint density at radius 3 is 2.76 bits per heavy atom. The van der Waals surface area contributed by atoms with Gasteiger partial charge in [0, 0.05) is 18.0 Å². The molecule has 8 heteroatoms. The van der Waals surface area contributed by atoms with Gasteiger partial charge in [0.25, 0.3) is 0 Å². The van der Waals surface area contributed by atoms with Crippen molar-refractivity contribution in [3.05, 3.63) is 71.0 Å². The van der Waals surface area contributed by atoms with Crippen LogP contribution in [-0.2, 0) is 21.4 Å². The lowest BCUT2D eigenvalue weighted by Crippen LogP contribution is -2.74. The first-order valence-electron chi connectivity index (χ1n) is 11.0. The third-order valence-corrected chi connectivity index (χ3v) is 7.91. The molecule has 0 amide bonds. The van der Waals surface area contributed by atoms with E-state index in [1.54, 1.807) is 42.5 Å². The minimum atomic E-state index is -1.43. The maximum atomic E-state index is 12.8. The molecule has 3 N–H and O–H groups in total. The predicted octanol–water partition coefficient (Wildman–Crippen LogP) is 2.37. The van der Waals surface area contributed by atoms with Gasteiger partial charge in [0.1, 0.15) is 5.76 Å². The summed E-state index contributed by atoms with van der Waals surface area (Å²) in [5.74, 6) is -0.140. The topological polar surface area (TPSA) is 99.5 Å². The van der Waals surface area contributed by atoms with Crippen LogP contribution in [-0.4, -0.2) is 57.5 Å². The van der Waals surface area contributed by atoms with Crippen molar-refractivity contribution >= 4 is 18.4 Å². The van der Waals surface area contributed by atoms with Gasteiger partial charge in [0.15, 0.2) is 23.7 Å². The Hall–Kier alpha value is -2.58. The van der Waals surface area contributed by atoms with E-state index in [0.29, 0.717) is 30.6 Å². The molecule has 5 atom stereocenters. The summed E-state index contributed by atoms with van der Waals surface area (Å²) < 4.78 is 12.0. The number of carbonyl (C=O) groups excluding carboxylic acids is 1. The zero-order chi connectivity index (χ0) is 22.3. The number of aliphatic hydroxyl groups excluding tert-OH is 1. The Morgan fingerprint density at radius 1 is 1.24 bits per heavy atom. The van der Waals surface area contributed by atoms with Gasteiger partial charge in [0.2, 0.25) is 0 Å². The minimum absolute atomic E-state index is 0. The largest absolute Gasteiger partial charge is 0.504 e. The van der Waals surface area contributed by atoms with Gasteiger partial charge < -0.3 is 29.7 Å². The Morgan fingerprint density at radius 2 is 2.00 bits per heavy atom. The molecule has 174 valence electrons. The van der Waals surface area contributed by atoms with Crippen molar-refractivity contribution in [1.82, 2.24) is 4.90 Å². The number of phenolic OH excluding ortho intramolecular Hbond substituents is 1. The molecular formula is C25H26ClNO6. The van der Waals surface area contributed by atoms with Gasteiger partial charge in [-0.25, -0.2) is 4.79 Å². The van der Waals surface area contributed by atoms with Crippen LogP contribution in [0.2, 0.25) is 0 Å². The van der Waals surface area contributed by atoms with Crippen molar-refractivity contribution in [2.45, 2.75) is 48.5 Å². The van der Waals surface area contributed by atoms with Crippen molar-refractivity contribution in [1.29, 1.82) is 0 Å². The first-order valence-corrected chi connectivity index (χ1v) is 11.0. The van der Waals surface area contributed by atoms with Crippen LogP contribution in [0.4, 0.5) is 0 Å². The molecule has 33 heavy (non-hydrogen) atoms. The molecule has 4 aliphatic rings. The number of hydrogen-bond acceptors (Lipinski definition) is 7. The van der Waals surface area contributed by atoms with E-state index in [0.717, 1.165) is 17.7 Å². The lowest BCUT2D eigenvalue weighted by molar-refractivity contribution is -0.172. The number of nitrogens with zero attached hydrogens (tertiary/aromatic N) is 1. The van der Waals surface area contributed by atoms with Crippen LogP contribution in [0.1, 0.15) is 35.6 Å². The van der Waals surface area contributed by atoms with Crippen LogP contribution in [0, 0.1) is 0 Å². The van der Waals surface area contributed by atoms with E-state index in [-0.39, 0.29) is 30.0 Å². The van der Waals surface area contributed by atoms with Gasteiger partial charge in [-0.15, -0.1) is 12.4 Å². The standard InChI is InChI=1S/C25H25NO6.ClH/c1-26-12-11-24-19-15-7-8-16(27)21(19)32-22(24)17(9-10-25(24,30)18(26)13-15)31-23(29)20(28)14-5-3-2-4-6-14;/h2-9,18,20,22,27-28,30H,10-13H2,1H3;1H/t18-,20+,22+,24+,25-;/m1./s1. The van der Waals surface area contributed by atoms with Crippen LogP contribution in [0.3, 0.4) is 0 Å². The maximum absolute atomic E-state index is 12.8. The fourth-order valence-electron chi connectivity index (χ4n) is 6.38. The fourth-order valence-corrected chi connectivity index (χ4v) is 6.38. The van der Waals surface area contributed by atoms with Crippen LogP contribution in [0.15, 0.2) is 54.3 Å². The molecule has 2 aliphatic heterocycles. The lowest BCUT2D eigenvalue weighted by Gasteiger charge is -2.61. The molecule has 0 aromatic heterocycles. The Kier molecular flexibility index (Phi) is 5.03. The van der Waals surface area contributed by atoms with Gasteiger partial charge in [-0.05, 0) is 49.7 Å². The molecule has 2 aromatic carbocycles. The van der Waals surface area contributed by atoms with E-state index in [4.69, 9.17) is 9.47 Å². The maximum Gasteiger partial charge on any atom is 0.344 e. The van der Waals surface area contributed by atoms with E-state index in [1.807, 2.05) is 13.1 Å². The number of aliphatic hydroxyl groups is 2. The number of piperidine rings is 1. The van der Waals surface area contributed by atoms with E-state index in [2.05, 4.69) is 4.90 Å². The number of esters is 1. The SMILES string of the molecule is CN1CC[C@]23c4c5ccc(O)c4O[C@H]2C(OC(=O)[C@@H](O)c2ccccc2)=CC[C@@]3(O)[C@H]1C5.Cl. The van der Waals surface area contributed by atoms with Crippen LogP contribution in [0.5, 0.6) is 11.5 Å². The first kappa shape index (κ1) is 22.2. The van der Waals surface area contributed by atoms with E-state index in [9.17, 15) is 20.1 Å². The number of rotatable bonds is 3. The Bertz CT molecular complexity index is 1150. The molecule has 0 saturated carbocycles. The summed E-state index contributed by atoms with van der Waals surface area (Å²) in [6.07, 6.45) is 1.06. The van der Waals surface area contributed by atoms with Crippen molar-refractivity contribution in [3.8, 4) is 11.5 Å². The molecule has 1 saturated heterocycles. The van der Waals surface area contributed by atoms with Crippen LogP contribution >= 0.6 is 12.4 Å². The zero-order valence-corrected chi connectivity index (χ0v) is 18.9. The molecule has 6 rings (SSSR count). The molecule has 1 spiro atoms. The van der Waals surface area contributed by atoms with E-state index >= 15 is 0 Å². The van der Waals surface area contributed by atoms with Gasteiger partial charge >= 0.3 is 5.97 Å². The Labute approximate surface area is 197 Å². The summed E-state index contributed by atoms with van der Waals surface area (Å²) in [4.78, 5) is 15.0. The number of benzene rings is 2. The number of hydrogen-bond donors (Lipinski definition) is 3. The fraction of sp³-hybridized carbons (Fsp3) is 0.400. The minimum Gasteiger partial charge on any atom is -0.504 e. The number of likely N-dealkylation sites (tertiary alicyclic amines) is 1. The summed E-state index contributed by atoms with van der Waals surface area (Å²) in [5.41, 5.74) is 0.368. The van der Waals surface area contributed by atoms with E-state index in [1.165, 1.54) is 0 Å². The summed E-state index contributed by atoms with van der Waals surface area (Å²) >= 11 is 0. The monoisotopic (exact) mass is 471 g/mol. The smallest absolute Gasteiger partial charge is 0.344 e. The zero-order valence-electron chi connectivity index (χ0n) is 18.1. The number of likely N-dealkylation sites (N-methyl/N-ethyl adjacent to an activating group) is 1. The quantitative estimate of drug-likeness (QED) is 0.591. The second-order valence-corrected chi connectivity index (χ2v) is 9.34. The molecule has 2 heterocycles. The summed E-state index contributed by atoms with van der Waals surface area (Å²) in [6.45, 7) is 0.745. The summed E-state index contributed by atoms with van der Waals surface area (Å²) in [6, 6.07) is 12.0. The molecule has 2 aromatic rings. The molecule has 2 bridgehead atoms. The lowest BCUT2D eigenvalue weighted by atomic mass is 9.50. The second kappa shape index (κ2) is 7.46. The normalized spacial score (nSPS) is 32.0. The number of halogens is 1. The third kappa shape index (κ3) is 2.77. The third-order valence-electron chi connectivity index (χ3n) is 7.91. The van der Waals surface area contributed by atoms with Crippen molar-refractivity contribution in [2.24, 2.45) is 0 Å². The number of aromatic hydroxyl groups is 1. The first-order chi connectivity index (χ1) is 15.4. The number of phenols is 1. The van der Waals surface area contributed by atoms with Gasteiger partial charge in [0.05, 0.1) is 11.0 Å². The highest BCUT2D eigenvalue weighted by atomic mass is 35.5. The molecule has 2 aliphatic carbocycles. The van der Waals surface area contributed by atoms with Gasteiger partial charge in [-0.3, -0.25) is 0 Å². The van der Waals surface area contributed by atoms with E-state index < -0.39 is 29.2 Å². The van der Waals surface area contributed by atoms with Crippen molar-refractivity contribution in [3.63, 3.8) is 0 Å². The number of carbonyl (C=O) groups is 1. The van der Waals surface area contributed by atoms with Gasteiger partial charge in [-0.1, -0.05) is 36.4 Å². The summed E-state index contributed by atoms with van der Waals surface area (Å²) in [7, 11) is 2.02. The molecule has 0 radical (unpaired) electrons. The highest BCUT2D eigenvalue weighted by Gasteiger charge is 2.72. The predicted molar refractivity (Wildman–Crippen MR) is 121 cm³/mol. The highest BCUT2D eigenvalue weighted by Crippen LogP contribution is 2.65. The highest BCUT2D eigenvalue weighted by molar-refractivity contribution is 5.85. The molecule has 0 unspecified atom stereocenters. The molecular weight excluding hydrogens is 446 g/mol.